The number of carbonyl (C=O) groups is 4. The van der Waals surface area contributed by atoms with Crippen molar-refractivity contribution >= 4 is 23.7 Å². The first-order chi connectivity index (χ1) is 11.2. The fourth-order valence-electron chi connectivity index (χ4n) is 1.55. The summed E-state index contributed by atoms with van der Waals surface area (Å²) < 4.78 is 0. The fraction of sp³-hybridized carbons (Fsp3) is 0.667. The molecule has 0 spiro atoms. The van der Waals surface area contributed by atoms with E-state index in [-0.39, 0.29) is 0 Å². The maximum Gasteiger partial charge on any atom is 0.328 e. The predicted octanol–water partition coefficient (Wildman–Crippen LogP) is -5.15. The van der Waals surface area contributed by atoms with Crippen LogP contribution in [0.3, 0.4) is 0 Å². The minimum Gasteiger partial charge on any atom is -0.480 e. The van der Waals surface area contributed by atoms with Gasteiger partial charge in [-0.2, -0.15) is 0 Å². The van der Waals surface area contributed by atoms with Crippen molar-refractivity contribution < 1.29 is 39.6 Å². The van der Waals surface area contributed by atoms with Crippen LogP contribution in [0.25, 0.3) is 0 Å². The van der Waals surface area contributed by atoms with Crippen LogP contribution in [0.2, 0.25) is 0 Å². The van der Waals surface area contributed by atoms with Crippen LogP contribution >= 0.6 is 0 Å². The SMILES string of the molecule is CC(O)C(NC(=O)C(CO)NC(=O)CN)C(=O)NC(CO)C(=O)O. The Morgan fingerprint density at radius 1 is 0.958 bits per heavy atom. The highest BCUT2D eigenvalue weighted by Gasteiger charge is 2.31. The van der Waals surface area contributed by atoms with E-state index in [1.807, 2.05) is 5.32 Å². The minimum atomic E-state index is -1.62. The van der Waals surface area contributed by atoms with E-state index in [9.17, 15) is 24.3 Å². The van der Waals surface area contributed by atoms with Crippen molar-refractivity contribution in [3.05, 3.63) is 0 Å². The number of carboxylic acid groups (broad SMARTS) is 1. The molecule has 12 heteroatoms. The molecule has 3 amide bonds. The summed E-state index contributed by atoms with van der Waals surface area (Å²) in [7, 11) is 0. The van der Waals surface area contributed by atoms with Crippen LogP contribution < -0.4 is 21.7 Å². The molecule has 0 aromatic carbocycles. The molecule has 12 nitrogen and oxygen atoms in total. The van der Waals surface area contributed by atoms with Gasteiger partial charge in [0.05, 0.1) is 25.9 Å². The number of amides is 3. The Morgan fingerprint density at radius 2 is 1.50 bits per heavy atom. The lowest BCUT2D eigenvalue weighted by atomic mass is 10.1. The molecular weight excluding hydrogens is 328 g/mol. The van der Waals surface area contributed by atoms with E-state index in [2.05, 4.69) is 10.6 Å². The molecule has 0 saturated heterocycles. The number of nitrogens with one attached hydrogen (secondary N) is 3. The Kier molecular flexibility index (Phi) is 9.49. The molecule has 0 bridgehead atoms. The lowest BCUT2D eigenvalue weighted by Crippen LogP contribution is -2.60. The van der Waals surface area contributed by atoms with Gasteiger partial charge in [-0.25, -0.2) is 4.79 Å². The Hall–Kier alpha value is -2.28. The van der Waals surface area contributed by atoms with E-state index in [1.54, 1.807) is 0 Å². The van der Waals surface area contributed by atoms with Crippen molar-refractivity contribution in [3.8, 4) is 0 Å². The largest absolute Gasteiger partial charge is 0.480 e. The normalized spacial score (nSPS) is 15.5. The Labute approximate surface area is 137 Å². The monoisotopic (exact) mass is 350 g/mol. The standard InChI is InChI=1S/C12H22N4O8/c1-5(19)9(11(22)15-7(4-18)12(23)24)16-10(21)6(3-17)14-8(20)2-13/h5-7,9,17-19H,2-4,13H2,1H3,(H,14,20)(H,15,22)(H,16,21)(H,23,24). The molecule has 0 saturated carbocycles. The van der Waals surface area contributed by atoms with Gasteiger partial charge in [0.25, 0.3) is 0 Å². The minimum absolute atomic E-state index is 0.430. The summed E-state index contributed by atoms with van der Waals surface area (Å²) in [5.41, 5.74) is 5.06. The van der Waals surface area contributed by atoms with Gasteiger partial charge in [-0.3, -0.25) is 14.4 Å². The molecule has 0 heterocycles. The predicted molar refractivity (Wildman–Crippen MR) is 78.3 cm³/mol. The number of nitrogens with two attached hydrogens (primary N) is 1. The van der Waals surface area contributed by atoms with Gasteiger partial charge in [-0.05, 0) is 6.92 Å². The molecular formula is C12H22N4O8. The summed E-state index contributed by atoms with van der Waals surface area (Å²) >= 11 is 0. The highest BCUT2D eigenvalue weighted by atomic mass is 16.4. The van der Waals surface area contributed by atoms with Crippen LogP contribution in [0.5, 0.6) is 0 Å². The fourth-order valence-corrected chi connectivity index (χ4v) is 1.55. The van der Waals surface area contributed by atoms with Crippen LogP contribution in [0.4, 0.5) is 0 Å². The van der Waals surface area contributed by atoms with Gasteiger partial charge in [-0.1, -0.05) is 0 Å². The number of hydrogen-bond donors (Lipinski definition) is 8. The first-order valence-corrected chi connectivity index (χ1v) is 6.90. The molecule has 0 aliphatic rings. The maximum absolute atomic E-state index is 12.0. The zero-order valence-electron chi connectivity index (χ0n) is 12.9. The molecule has 24 heavy (non-hydrogen) atoms. The third kappa shape index (κ3) is 6.87. The molecule has 0 fully saturated rings. The van der Waals surface area contributed by atoms with Crippen LogP contribution in [0.1, 0.15) is 6.92 Å². The van der Waals surface area contributed by atoms with Crippen molar-refractivity contribution in [1.82, 2.24) is 16.0 Å². The summed E-state index contributed by atoms with van der Waals surface area (Å²) in [6.45, 7) is -0.958. The second-order valence-electron chi connectivity index (χ2n) is 4.82. The van der Waals surface area contributed by atoms with E-state index in [1.165, 1.54) is 0 Å². The third-order valence-corrected chi connectivity index (χ3v) is 2.88. The maximum atomic E-state index is 12.0. The molecule has 4 unspecified atom stereocenters. The van der Waals surface area contributed by atoms with Gasteiger partial charge in [0.15, 0.2) is 0 Å². The molecule has 0 aliphatic heterocycles. The number of aliphatic carboxylic acids is 1. The number of hydrogen-bond acceptors (Lipinski definition) is 8. The van der Waals surface area contributed by atoms with Crippen molar-refractivity contribution in [1.29, 1.82) is 0 Å². The van der Waals surface area contributed by atoms with Crippen LogP contribution in [0, 0.1) is 0 Å². The van der Waals surface area contributed by atoms with Crippen molar-refractivity contribution in [2.45, 2.75) is 31.2 Å². The van der Waals surface area contributed by atoms with Crippen LogP contribution in [-0.4, -0.2) is 88.1 Å². The van der Waals surface area contributed by atoms with Gasteiger partial charge in [0.2, 0.25) is 17.7 Å². The number of rotatable bonds is 10. The number of aliphatic hydroxyl groups excluding tert-OH is 3. The van der Waals surface area contributed by atoms with E-state index in [4.69, 9.17) is 21.1 Å². The first kappa shape index (κ1) is 21.7. The summed E-state index contributed by atoms with van der Waals surface area (Å²) in [4.78, 5) is 45.8. The number of aliphatic hydroxyl groups is 3. The molecule has 0 aromatic heterocycles. The zero-order valence-corrected chi connectivity index (χ0v) is 12.9. The van der Waals surface area contributed by atoms with Gasteiger partial charge >= 0.3 is 5.97 Å². The van der Waals surface area contributed by atoms with Crippen LogP contribution in [0.15, 0.2) is 0 Å². The van der Waals surface area contributed by atoms with E-state index >= 15 is 0 Å². The Morgan fingerprint density at radius 3 is 1.88 bits per heavy atom. The average molecular weight is 350 g/mol. The summed E-state index contributed by atoms with van der Waals surface area (Å²) in [5.74, 6) is -4.30. The topological polar surface area (TPSA) is 211 Å². The second kappa shape index (κ2) is 10.5. The third-order valence-electron chi connectivity index (χ3n) is 2.88. The van der Waals surface area contributed by atoms with Gasteiger partial charge < -0.3 is 42.1 Å². The van der Waals surface area contributed by atoms with E-state index in [0.29, 0.717) is 0 Å². The van der Waals surface area contributed by atoms with Gasteiger partial charge in [-0.15, -0.1) is 0 Å². The second-order valence-corrected chi connectivity index (χ2v) is 4.82. The average Bonchev–Trinajstić information content (AvgIpc) is 2.53. The van der Waals surface area contributed by atoms with Crippen molar-refractivity contribution in [3.63, 3.8) is 0 Å². The summed E-state index contributed by atoms with van der Waals surface area (Å²) in [6, 6.07) is -4.61. The van der Waals surface area contributed by atoms with E-state index in [0.717, 1.165) is 6.92 Å². The molecule has 0 rings (SSSR count). The van der Waals surface area contributed by atoms with Crippen molar-refractivity contribution in [2.24, 2.45) is 5.73 Å². The number of carboxylic acids is 1. The highest BCUT2D eigenvalue weighted by molar-refractivity contribution is 5.93. The summed E-state index contributed by atoms with van der Waals surface area (Å²) in [6.07, 6.45) is -1.42. The molecule has 138 valence electrons. The van der Waals surface area contributed by atoms with Gasteiger partial charge in [0.1, 0.15) is 18.1 Å². The van der Waals surface area contributed by atoms with Crippen molar-refractivity contribution in [2.75, 3.05) is 19.8 Å². The Balaban J connectivity index is 4.99. The Bertz CT molecular complexity index is 470. The van der Waals surface area contributed by atoms with Crippen LogP contribution in [-0.2, 0) is 19.2 Å². The first-order valence-electron chi connectivity index (χ1n) is 6.90. The summed E-state index contributed by atoms with van der Waals surface area (Å²) in [5, 5.41) is 42.4. The van der Waals surface area contributed by atoms with Gasteiger partial charge in [0, 0.05) is 0 Å². The lowest BCUT2D eigenvalue weighted by Gasteiger charge is -2.24. The molecule has 0 aromatic rings. The quantitative estimate of drug-likeness (QED) is 0.189. The molecule has 0 radical (unpaired) electrons. The molecule has 4 atom stereocenters. The molecule has 9 N–H and O–H groups in total. The molecule has 0 aliphatic carbocycles. The zero-order chi connectivity index (χ0) is 18.9. The van der Waals surface area contributed by atoms with E-state index < -0.39 is 67.7 Å². The lowest BCUT2D eigenvalue weighted by molar-refractivity contribution is -0.144. The number of carbonyl (C=O) groups excluding carboxylic acids is 3. The smallest absolute Gasteiger partial charge is 0.328 e. The highest BCUT2D eigenvalue weighted by Crippen LogP contribution is 1.97.